The second kappa shape index (κ2) is 8.53. The summed E-state index contributed by atoms with van der Waals surface area (Å²) >= 11 is 0. The zero-order valence-electron chi connectivity index (χ0n) is 12.0. The summed E-state index contributed by atoms with van der Waals surface area (Å²) in [5.41, 5.74) is 1.50. The van der Waals surface area contributed by atoms with Gasteiger partial charge in [0.05, 0.1) is 13.1 Å². The number of hydrogen-bond donors (Lipinski definition) is 2. The van der Waals surface area contributed by atoms with Crippen LogP contribution in [-0.4, -0.2) is 35.3 Å². The zero-order valence-corrected chi connectivity index (χ0v) is 12.0. The Morgan fingerprint density at radius 1 is 1.35 bits per heavy atom. The van der Waals surface area contributed by atoms with E-state index in [0.29, 0.717) is 6.54 Å². The molecule has 5 nitrogen and oxygen atoms in total. The molecule has 0 unspecified atom stereocenters. The molecular weight excluding hydrogens is 252 g/mol. The highest BCUT2D eigenvalue weighted by Crippen LogP contribution is 2.19. The van der Waals surface area contributed by atoms with Crippen molar-refractivity contribution in [3.05, 3.63) is 30.1 Å². The average molecular weight is 276 g/mol. The van der Waals surface area contributed by atoms with Gasteiger partial charge >= 0.3 is 0 Å². The number of amides is 1. The Kier molecular flexibility index (Phi) is 6.31. The summed E-state index contributed by atoms with van der Waals surface area (Å²) in [5.74, 6) is 0.0712. The summed E-state index contributed by atoms with van der Waals surface area (Å²) in [6.45, 7) is 2.67. The summed E-state index contributed by atoms with van der Waals surface area (Å²) in [6.07, 6.45) is 12.0. The Morgan fingerprint density at radius 2 is 2.30 bits per heavy atom. The predicted molar refractivity (Wildman–Crippen MR) is 79.3 cm³/mol. The van der Waals surface area contributed by atoms with Gasteiger partial charge in [-0.1, -0.05) is 11.6 Å². The number of carbonyl (C=O) groups is 1. The van der Waals surface area contributed by atoms with Gasteiger partial charge in [0.25, 0.3) is 0 Å². The van der Waals surface area contributed by atoms with E-state index in [9.17, 15) is 4.79 Å². The molecule has 20 heavy (non-hydrogen) atoms. The predicted octanol–water partition coefficient (Wildman–Crippen LogP) is 1.48. The summed E-state index contributed by atoms with van der Waals surface area (Å²) in [6, 6.07) is 1.90. The second-order valence-corrected chi connectivity index (χ2v) is 5.15. The molecule has 1 amide bonds. The number of rotatable bonds is 8. The third-order valence-corrected chi connectivity index (χ3v) is 3.52. The molecule has 0 saturated heterocycles. The molecule has 0 saturated carbocycles. The lowest BCUT2D eigenvalue weighted by Gasteiger charge is -2.13. The van der Waals surface area contributed by atoms with E-state index in [4.69, 9.17) is 0 Å². The number of aromatic nitrogens is 2. The molecule has 1 aliphatic carbocycles. The van der Waals surface area contributed by atoms with Crippen LogP contribution in [-0.2, 0) is 11.3 Å². The quantitative estimate of drug-likeness (QED) is 0.558. The first-order valence-corrected chi connectivity index (χ1v) is 7.47. The molecule has 1 aromatic rings. The van der Waals surface area contributed by atoms with Gasteiger partial charge in [-0.3, -0.25) is 9.48 Å². The van der Waals surface area contributed by atoms with Gasteiger partial charge in [0.2, 0.25) is 5.91 Å². The van der Waals surface area contributed by atoms with Crippen LogP contribution in [0.2, 0.25) is 0 Å². The van der Waals surface area contributed by atoms with E-state index in [1.165, 1.54) is 31.3 Å². The van der Waals surface area contributed by atoms with Crippen LogP contribution in [0.3, 0.4) is 0 Å². The van der Waals surface area contributed by atoms with Crippen LogP contribution in [0, 0.1) is 0 Å². The van der Waals surface area contributed by atoms with Crippen LogP contribution in [0.5, 0.6) is 0 Å². The van der Waals surface area contributed by atoms with Crippen LogP contribution in [0.25, 0.3) is 0 Å². The van der Waals surface area contributed by atoms with Gasteiger partial charge in [-0.25, -0.2) is 0 Å². The van der Waals surface area contributed by atoms with Gasteiger partial charge in [0.1, 0.15) is 0 Å². The number of carbonyl (C=O) groups excluding carboxylic acids is 1. The third-order valence-electron chi connectivity index (χ3n) is 3.52. The summed E-state index contributed by atoms with van der Waals surface area (Å²) in [4.78, 5) is 11.6. The van der Waals surface area contributed by atoms with Crippen molar-refractivity contribution < 1.29 is 4.79 Å². The molecule has 110 valence electrons. The smallest absolute Gasteiger partial charge is 0.233 e. The van der Waals surface area contributed by atoms with E-state index in [1.807, 2.05) is 16.9 Å². The molecular formula is C15H24N4O. The van der Waals surface area contributed by atoms with Gasteiger partial charge in [-0.15, -0.1) is 0 Å². The van der Waals surface area contributed by atoms with Crippen molar-refractivity contribution >= 4 is 5.91 Å². The first kappa shape index (κ1) is 14.8. The number of hydrogen-bond acceptors (Lipinski definition) is 3. The van der Waals surface area contributed by atoms with Crippen molar-refractivity contribution in [1.82, 2.24) is 20.4 Å². The molecule has 2 rings (SSSR count). The van der Waals surface area contributed by atoms with Crippen molar-refractivity contribution in [2.75, 3.05) is 19.6 Å². The molecule has 0 radical (unpaired) electrons. The molecule has 0 aliphatic heterocycles. The minimum Gasteiger partial charge on any atom is -0.355 e. The Morgan fingerprint density at radius 3 is 3.05 bits per heavy atom. The number of nitrogens with zero attached hydrogens (tertiary/aromatic N) is 2. The lowest BCUT2D eigenvalue weighted by atomic mass is 9.97. The van der Waals surface area contributed by atoms with Crippen LogP contribution in [0.1, 0.15) is 32.1 Å². The van der Waals surface area contributed by atoms with Gasteiger partial charge in [0.15, 0.2) is 0 Å². The summed E-state index contributed by atoms with van der Waals surface area (Å²) < 4.78 is 1.85. The van der Waals surface area contributed by atoms with E-state index in [0.717, 1.165) is 26.1 Å². The van der Waals surface area contributed by atoms with Crippen molar-refractivity contribution in [3.8, 4) is 0 Å². The van der Waals surface area contributed by atoms with Crippen LogP contribution >= 0.6 is 0 Å². The maximum absolute atomic E-state index is 11.6. The fourth-order valence-corrected chi connectivity index (χ4v) is 2.38. The fraction of sp³-hybridized carbons (Fsp3) is 0.600. The molecule has 1 aromatic heterocycles. The van der Waals surface area contributed by atoms with E-state index >= 15 is 0 Å². The number of nitrogens with one attached hydrogen (secondary N) is 2. The van der Waals surface area contributed by atoms with Crippen molar-refractivity contribution in [2.45, 2.75) is 38.6 Å². The first-order valence-electron chi connectivity index (χ1n) is 7.47. The Bertz CT molecular complexity index is 425. The van der Waals surface area contributed by atoms with E-state index in [-0.39, 0.29) is 5.91 Å². The highest BCUT2D eigenvalue weighted by molar-refractivity contribution is 5.77. The topological polar surface area (TPSA) is 59.0 Å². The normalized spacial score (nSPS) is 14.9. The second-order valence-electron chi connectivity index (χ2n) is 5.15. The van der Waals surface area contributed by atoms with E-state index < -0.39 is 0 Å². The highest BCUT2D eigenvalue weighted by atomic mass is 16.1. The molecule has 2 N–H and O–H groups in total. The molecule has 0 bridgehead atoms. The molecule has 5 heteroatoms. The fourth-order valence-electron chi connectivity index (χ4n) is 2.38. The van der Waals surface area contributed by atoms with E-state index in [1.54, 1.807) is 6.20 Å². The van der Waals surface area contributed by atoms with Crippen LogP contribution < -0.4 is 10.6 Å². The first-order chi connectivity index (χ1) is 9.84. The van der Waals surface area contributed by atoms with E-state index in [2.05, 4.69) is 21.8 Å². The third kappa shape index (κ3) is 5.57. The van der Waals surface area contributed by atoms with Crippen LogP contribution in [0.15, 0.2) is 30.1 Å². The van der Waals surface area contributed by atoms with Gasteiger partial charge in [-0.2, -0.15) is 5.10 Å². The largest absolute Gasteiger partial charge is 0.355 e. The lowest BCUT2D eigenvalue weighted by Crippen LogP contribution is -2.35. The molecule has 1 heterocycles. The van der Waals surface area contributed by atoms with Gasteiger partial charge in [0, 0.05) is 25.5 Å². The molecule has 0 atom stereocenters. The minimum atomic E-state index is 0.0712. The van der Waals surface area contributed by atoms with Crippen molar-refractivity contribution in [3.63, 3.8) is 0 Å². The average Bonchev–Trinajstić information content (AvgIpc) is 2.98. The maximum Gasteiger partial charge on any atom is 0.233 e. The highest BCUT2D eigenvalue weighted by Gasteiger charge is 2.04. The van der Waals surface area contributed by atoms with Crippen molar-refractivity contribution in [2.24, 2.45) is 0 Å². The Hall–Kier alpha value is -1.62. The monoisotopic (exact) mass is 276 g/mol. The lowest BCUT2D eigenvalue weighted by molar-refractivity contribution is -0.120. The minimum absolute atomic E-state index is 0.0712. The molecule has 1 aliphatic rings. The summed E-state index contributed by atoms with van der Waals surface area (Å²) in [5, 5.41) is 10.2. The van der Waals surface area contributed by atoms with Crippen molar-refractivity contribution in [1.29, 1.82) is 0 Å². The maximum atomic E-state index is 11.6. The Labute approximate surface area is 120 Å². The standard InChI is InChI=1S/C15H24N4O/c20-15(13-16-10-12-19-11-4-8-18-19)17-9-7-14-5-2-1-3-6-14/h4-5,8,11,16H,1-3,6-7,9-10,12-13H2,(H,17,20). The molecule has 0 fully saturated rings. The zero-order chi connectivity index (χ0) is 14.0. The van der Waals surface area contributed by atoms with Gasteiger partial charge < -0.3 is 10.6 Å². The van der Waals surface area contributed by atoms with Crippen LogP contribution in [0.4, 0.5) is 0 Å². The summed E-state index contributed by atoms with van der Waals surface area (Å²) in [7, 11) is 0. The molecule has 0 aromatic carbocycles. The van der Waals surface area contributed by atoms with Gasteiger partial charge in [-0.05, 0) is 38.2 Å². The number of allylic oxidation sites excluding steroid dienone is 1. The Balaban J connectivity index is 1.48. The molecule has 0 spiro atoms. The SMILES string of the molecule is O=C(CNCCn1cccn1)NCCC1=CCCCC1.